The third-order valence-electron chi connectivity index (χ3n) is 3.66. The van der Waals surface area contributed by atoms with Gasteiger partial charge in [-0.25, -0.2) is 13.8 Å². The summed E-state index contributed by atoms with van der Waals surface area (Å²) in [7, 11) is 1.66. The van der Waals surface area contributed by atoms with Crippen LogP contribution in [0, 0.1) is 0 Å². The van der Waals surface area contributed by atoms with Crippen LogP contribution in [0.25, 0.3) is 0 Å². The van der Waals surface area contributed by atoms with Crippen LogP contribution in [0.15, 0.2) is 39.9 Å². The molecule has 0 aliphatic carbocycles. The van der Waals surface area contributed by atoms with Crippen molar-refractivity contribution in [1.29, 1.82) is 0 Å². The van der Waals surface area contributed by atoms with Crippen molar-refractivity contribution < 1.29 is 17.9 Å². The largest absolute Gasteiger partial charge is 0.488 e. The predicted octanol–water partition coefficient (Wildman–Crippen LogP) is 3.48. The van der Waals surface area contributed by atoms with Crippen LogP contribution in [-0.4, -0.2) is 31.0 Å². The molecule has 1 aromatic carbocycles. The lowest BCUT2D eigenvalue weighted by Crippen LogP contribution is -2.36. The normalized spacial score (nSPS) is 12.3. The molecular weight excluding hydrogens is 354 g/mol. The Morgan fingerprint density at radius 2 is 2.00 bits per heavy atom. The Morgan fingerprint density at radius 3 is 2.63 bits per heavy atom. The summed E-state index contributed by atoms with van der Waals surface area (Å²) in [5, 5.41) is 6.28. The lowest BCUT2D eigenvalue weighted by Gasteiger charge is -2.13. The Balaban J connectivity index is 1.85. The molecule has 148 valence electrons. The van der Waals surface area contributed by atoms with Crippen molar-refractivity contribution in [3.8, 4) is 5.75 Å². The zero-order chi connectivity index (χ0) is 19.9. The zero-order valence-electron chi connectivity index (χ0n) is 16.1. The second-order valence-corrected chi connectivity index (χ2v) is 7.00. The molecule has 0 unspecified atom stereocenters. The van der Waals surface area contributed by atoms with Gasteiger partial charge in [0, 0.05) is 19.0 Å². The summed E-state index contributed by atoms with van der Waals surface area (Å²) in [6.07, 6.45) is -0.762. The van der Waals surface area contributed by atoms with Crippen LogP contribution >= 0.6 is 0 Å². The number of aromatic nitrogens is 1. The fourth-order valence-corrected chi connectivity index (χ4v) is 2.21. The minimum atomic E-state index is -2.50. The maximum Gasteiger partial charge on any atom is 0.272 e. The fraction of sp³-hybridized carbons (Fsp3) is 0.474. The molecule has 1 aromatic heterocycles. The van der Waals surface area contributed by atoms with E-state index in [4.69, 9.17) is 9.15 Å². The van der Waals surface area contributed by atoms with Crippen LogP contribution < -0.4 is 15.4 Å². The van der Waals surface area contributed by atoms with Gasteiger partial charge < -0.3 is 19.8 Å². The molecule has 2 aromatic rings. The molecule has 0 aliphatic heterocycles. The number of benzene rings is 1. The van der Waals surface area contributed by atoms with Crippen molar-refractivity contribution >= 4 is 5.96 Å². The maximum absolute atomic E-state index is 12.2. The van der Waals surface area contributed by atoms with Gasteiger partial charge in [-0.05, 0) is 17.7 Å². The van der Waals surface area contributed by atoms with Gasteiger partial charge in [0.2, 0.25) is 5.89 Å². The Hall–Kier alpha value is -2.64. The first kappa shape index (κ1) is 20.7. The van der Waals surface area contributed by atoms with Gasteiger partial charge >= 0.3 is 0 Å². The molecule has 2 rings (SSSR count). The van der Waals surface area contributed by atoms with Crippen molar-refractivity contribution in [3.05, 3.63) is 47.7 Å². The molecule has 27 heavy (non-hydrogen) atoms. The van der Waals surface area contributed by atoms with E-state index in [1.807, 2.05) is 6.07 Å². The van der Waals surface area contributed by atoms with Gasteiger partial charge in [-0.2, -0.15) is 0 Å². The van der Waals surface area contributed by atoms with E-state index in [0.29, 0.717) is 30.7 Å². The van der Waals surface area contributed by atoms with Crippen molar-refractivity contribution in [2.45, 2.75) is 45.7 Å². The monoisotopic (exact) mass is 380 g/mol. The first-order valence-electron chi connectivity index (χ1n) is 8.67. The second kappa shape index (κ2) is 9.34. The highest BCUT2D eigenvalue weighted by Crippen LogP contribution is 2.22. The Labute approximate surface area is 158 Å². The number of ether oxygens (including phenoxy) is 1. The summed E-state index contributed by atoms with van der Waals surface area (Å²) in [6, 6.07) is 6.99. The summed E-state index contributed by atoms with van der Waals surface area (Å²) in [5.74, 6) is 2.38. The summed E-state index contributed by atoms with van der Waals surface area (Å²) in [4.78, 5) is 8.41. The Kier molecular flexibility index (Phi) is 7.15. The van der Waals surface area contributed by atoms with E-state index in [1.165, 1.54) is 0 Å². The number of oxazole rings is 1. The van der Waals surface area contributed by atoms with E-state index in [9.17, 15) is 8.78 Å². The molecule has 2 N–H and O–H groups in total. The third kappa shape index (κ3) is 6.88. The number of nitrogens with one attached hydrogen (secondary N) is 2. The molecule has 0 fully saturated rings. The van der Waals surface area contributed by atoms with Crippen LogP contribution in [0.2, 0.25) is 0 Å². The second-order valence-electron chi connectivity index (χ2n) is 7.00. The van der Waals surface area contributed by atoms with E-state index in [1.54, 1.807) is 31.4 Å². The van der Waals surface area contributed by atoms with Crippen LogP contribution in [0.4, 0.5) is 8.78 Å². The predicted molar refractivity (Wildman–Crippen MR) is 100 cm³/mol. The van der Waals surface area contributed by atoms with E-state index in [0.717, 1.165) is 11.3 Å². The highest BCUT2D eigenvalue weighted by molar-refractivity contribution is 5.79. The topological polar surface area (TPSA) is 71.7 Å². The fourth-order valence-electron chi connectivity index (χ4n) is 2.21. The van der Waals surface area contributed by atoms with Gasteiger partial charge in [0.05, 0.1) is 12.7 Å². The number of nitrogens with zero attached hydrogens (tertiary/aromatic N) is 2. The van der Waals surface area contributed by atoms with Crippen LogP contribution in [0.5, 0.6) is 5.75 Å². The quantitative estimate of drug-likeness (QED) is 0.568. The first-order valence-corrected chi connectivity index (χ1v) is 8.67. The molecule has 0 aliphatic rings. The number of halogens is 2. The smallest absolute Gasteiger partial charge is 0.272 e. The van der Waals surface area contributed by atoms with E-state index < -0.39 is 13.0 Å². The van der Waals surface area contributed by atoms with Crippen molar-refractivity contribution in [1.82, 2.24) is 15.6 Å². The zero-order valence-corrected chi connectivity index (χ0v) is 16.1. The first-order chi connectivity index (χ1) is 12.8. The highest BCUT2D eigenvalue weighted by atomic mass is 19.3. The van der Waals surface area contributed by atoms with E-state index in [-0.39, 0.29) is 5.41 Å². The number of hydrogen-bond donors (Lipinski definition) is 2. The SMILES string of the molecule is CN=C(NCc1cccc(OCC(F)F)c1)NCc1ncc(C(C)(C)C)o1. The van der Waals surface area contributed by atoms with Crippen molar-refractivity contribution in [3.63, 3.8) is 0 Å². The number of rotatable bonds is 7. The maximum atomic E-state index is 12.2. The van der Waals surface area contributed by atoms with E-state index in [2.05, 4.69) is 41.4 Å². The molecule has 0 amide bonds. The molecule has 0 saturated carbocycles. The summed E-state index contributed by atoms with van der Waals surface area (Å²) < 4.78 is 35.2. The number of guanidine groups is 1. The summed E-state index contributed by atoms with van der Waals surface area (Å²) in [5.41, 5.74) is 0.790. The van der Waals surface area contributed by atoms with Crippen molar-refractivity contribution in [2.24, 2.45) is 4.99 Å². The molecule has 0 spiro atoms. The van der Waals surface area contributed by atoms with Gasteiger partial charge in [0.1, 0.15) is 18.1 Å². The van der Waals surface area contributed by atoms with Crippen LogP contribution in [0.3, 0.4) is 0 Å². The van der Waals surface area contributed by atoms with Gasteiger partial charge in [-0.15, -0.1) is 0 Å². The molecule has 0 radical (unpaired) electrons. The van der Waals surface area contributed by atoms with Gasteiger partial charge in [-0.1, -0.05) is 32.9 Å². The lowest BCUT2D eigenvalue weighted by atomic mass is 9.94. The third-order valence-corrected chi connectivity index (χ3v) is 3.66. The standard InChI is InChI=1S/C19H26F2N4O2/c1-19(2,3)15-10-23-17(27-15)11-25-18(22-4)24-9-13-6-5-7-14(8-13)26-12-16(20)21/h5-8,10,16H,9,11-12H2,1-4H3,(H2,22,24,25). The molecule has 8 heteroatoms. The van der Waals surface area contributed by atoms with Gasteiger partial charge in [-0.3, -0.25) is 4.99 Å². The molecule has 0 atom stereocenters. The minimum Gasteiger partial charge on any atom is -0.488 e. The highest BCUT2D eigenvalue weighted by Gasteiger charge is 2.19. The molecule has 6 nitrogen and oxygen atoms in total. The van der Waals surface area contributed by atoms with Crippen molar-refractivity contribution in [2.75, 3.05) is 13.7 Å². The summed E-state index contributed by atoms with van der Waals surface area (Å²) in [6.45, 7) is 6.42. The lowest BCUT2D eigenvalue weighted by molar-refractivity contribution is 0.0818. The number of hydrogen-bond acceptors (Lipinski definition) is 4. The van der Waals surface area contributed by atoms with Crippen LogP contribution in [0.1, 0.15) is 38.0 Å². The van der Waals surface area contributed by atoms with Gasteiger partial charge in [0.15, 0.2) is 5.96 Å². The van der Waals surface area contributed by atoms with Crippen LogP contribution in [-0.2, 0) is 18.5 Å². The average Bonchev–Trinajstić information content (AvgIpc) is 3.10. The minimum absolute atomic E-state index is 0.0947. The van der Waals surface area contributed by atoms with E-state index >= 15 is 0 Å². The number of alkyl halides is 2. The molecule has 1 heterocycles. The number of aliphatic imine (C=N–C) groups is 1. The Morgan fingerprint density at radius 1 is 1.26 bits per heavy atom. The molecular formula is C19H26F2N4O2. The summed E-state index contributed by atoms with van der Waals surface area (Å²) >= 11 is 0. The molecule has 0 saturated heterocycles. The molecule has 0 bridgehead atoms. The van der Waals surface area contributed by atoms with Gasteiger partial charge in [0.25, 0.3) is 6.43 Å². The average molecular weight is 380 g/mol. The Bertz CT molecular complexity index is 754.